The quantitative estimate of drug-likeness (QED) is 0.680. The Morgan fingerprint density at radius 2 is 1.88 bits per heavy atom. The summed E-state index contributed by atoms with van der Waals surface area (Å²) in [6.07, 6.45) is 0. The summed E-state index contributed by atoms with van der Waals surface area (Å²) >= 11 is 7.92. The van der Waals surface area contributed by atoms with Crippen LogP contribution < -0.4 is 4.90 Å². The second-order valence-electron chi connectivity index (χ2n) is 6.07. The summed E-state index contributed by atoms with van der Waals surface area (Å²) in [5, 5.41) is 11.3. The summed E-state index contributed by atoms with van der Waals surface area (Å²) in [5.74, 6) is 1.28. The lowest BCUT2D eigenvalue weighted by Crippen LogP contribution is -2.47. The smallest absolute Gasteiger partial charge is 0.257 e. The van der Waals surface area contributed by atoms with Crippen molar-refractivity contribution in [3.8, 4) is 10.8 Å². The molecular weight excluding hydrogens is 356 g/mol. The fourth-order valence-electron chi connectivity index (χ4n) is 3.12. The molecule has 7 heteroatoms. The Morgan fingerprint density at radius 1 is 1.08 bits per heavy atom. The molecule has 0 radical (unpaired) electrons. The lowest BCUT2D eigenvalue weighted by Gasteiger charge is -2.38. The first-order valence-electron chi connectivity index (χ1n) is 8.33. The van der Waals surface area contributed by atoms with Gasteiger partial charge < -0.3 is 9.32 Å². The number of hydrogen-bond acceptors (Lipinski definition) is 6. The monoisotopic (exact) mass is 374 g/mol. The zero-order valence-electron chi connectivity index (χ0n) is 13.9. The molecule has 1 aliphatic heterocycles. The van der Waals surface area contributed by atoms with Crippen molar-refractivity contribution in [3.05, 3.63) is 52.7 Å². The highest BCUT2D eigenvalue weighted by molar-refractivity contribution is 7.13. The molecule has 25 heavy (non-hydrogen) atoms. The van der Waals surface area contributed by atoms with Crippen molar-refractivity contribution >= 4 is 28.6 Å². The number of aromatic nitrogens is 2. The lowest BCUT2D eigenvalue weighted by molar-refractivity contribution is 0.174. The highest BCUT2D eigenvalue weighted by Crippen LogP contribution is 2.29. The van der Waals surface area contributed by atoms with E-state index in [0.29, 0.717) is 11.8 Å². The van der Waals surface area contributed by atoms with Crippen molar-refractivity contribution < 1.29 is 4.42 Å². The van der Waals surface area contributed by atoms with Gasteiger partial charge in [-0.05, 0) is 30.5 Å². The summed E-state index contributed by atoms with van der Waals surface area (Å²) in [7, 11) is 0. The second kappa shape index (κ2) is 7.15. The Labute approximate surface area is 155 Å². The molecule has 3 aromatic rings. The van der Waals surface area contributed by atoms with Gasteiger partial charge in [0.25, 0.3) is 5.89 Å². The normalized spacial score (nSPS) is 17.0. The van der Waals surface area contributed by atoms with E-state index in [1.54, 1.807) is 11.3 Å². The van der Waals surface area contributed by atoms with E-state index >= 15 is 0 Å². The largest absolute Gasteiger partial charge is 0.418 e. The van der Waals surface area contributed by atoms with Crippen LogP contribution in [0.25, 0.3) is 10.8 Å². The van der Waals surface area contributed by atoms with Gasteiger partial charge in [-0.3, -0.25) is 4.90 Å². The van der Waals surface area contributed by atoms with Gasteiger partial charge >= 0.3 is 0 Å². The van der Waals surface area contributed by atoms with Gasteiger partial charge in [0.15, 0.2) is 0 Å². The number of anilines is 1. The van der Waals surface area contributed by atoms with Gasteiger partial charge in [-0.2, -0.15) is 0 Å². The number of hydrogen-bond donors (Lipinski definition) is 0. The molecule has 130 valence electrons. The maximum absolute atomic E-state index is 6.32. The lowest BCUT2D eigenvalue weighted by atomic mass is 10.2. The first-order chi connectivity index (χ1) is 12.2. The molecule has 0 spiro atoms. The van der Waals surface area contributed by atoms with Crippen molar-refractivity contribution in [2.45, 2.75) is 13.0 Å². The van der Waals surface area contributed by atoms with Crippen molar-refractivity contribution in [3.63, 3.8) is 0 Å². The number of thiophene rings is 1. The van der Waals surface area contributed by atoms with Crippen LogP contribution in [0.2, 0.25) is 5.02 Å². The molecule has 1 fully saturated rings. The van der Waals surface area contributed by atoms with Crippen molar-refractivity contribution in [2.24, 2.45) is 0 Å². The predicted octanol–water partition coefficient (Wildman–Crippen LogP) is 4.33. The fraction of sp³-hybridized carbons (Fsp3) is 0.333. The van der Waals surface area contributed by atoms with Crippen molar-refractivity contribution in [1.82, 2.24) is 15.1 Å². The number of rotatable bonds is 4. The molecular formula is C18H19ClN4OS. The van der Waals surface area contributed by atoms with Crippen LogP contribution in [0.5, 0.6) is 0 Å². The molecule has 2 aromatic heterocycles. The Balaban J connectivity index is 1.41. The summed E-state index contributed by atoms with van der Waals surface area (Å²) in [5.41, 5.74) is 1.11. The van der Waals surface area contributed by atoms with Crippen LogP contribution in [0.3, 0.4) is 0 Å². The van der Waals surface area contributed by atoms with Gasteiger partial charge in [0.1, 0.15) is 0 Å². The fourth-order valence-corrected chi connectivity index (χ4v) is 4.02. The molecule has 0 N–H and O–H groups in total. The van der Waals surface area contributed by atoms with Crippen molar-refractivity contribution in [1.29, 1.82) is 0 Å². The van der Waals surface area contributed by atoms with Crippen LogP contribution in [0.1, 0.15) is 18.9 Å². The molecule has 5 nitrogen and oxygen atoms in total. The summed E-state index contributed by atoms with van der Waals surface area (Å²) < 4.78 is 5.89. The van der Waals surface area contributed by atoms with Crippen LogP contribution in [-0.4, -0.2) is 41.3 Å². The first kappa shape index (κ1) is 16.6. The molecule has 1 aromatic carbocycles. The van der Waals surface area contributed by atoms with E-state index in [1.165, 1.54) is 0 Å². The average molecular weight is 375 g/mol. The first-order valence-corrected chi connectivity index (χ1v) is 9.59. The number of para-hydroxylation sites is 1. The molecule has 0 saturated carbocycles. The van der Waals surface area contributed by atoms with Gasteiger partial charge in [0.05, 0.1) is 21.6 Å². The van der Waals surface area contributed by atoms with Gasteiger partial charge in [-0.25, -0.2) is 0 Å². The summed E-state index contributed by atoms with van der Waals surface area (Å²) in [6, 6.07) is 12.1. The highest BCUT2D eigenvalue weighted by Gasteiger charge is 2.26. The molecule has 3 heterocycles. The number of piperazine rings is 1. The Morgan fingerprint density at radius 3 is 2.60 bits per heavy atom. The third kappa shape index (κ3) is 3.42. The predicted molar refractivity (Wildman–Crippen MR) is 101 cm³/mol. The van der Waals surface area contributed by atoms with E-state index in [9.17, 15) is 0 Å². The molecule has 4 rings (SSSR count). The number of halogens is 1. The maximum atomic E-state index is 6.32. The van der Waals surface area contributed by atoms with Crippen LogP contribution in [0.15, 0.2) is 46.2 Å². The molecule has 1 saturated heterocycles. The molecule has 1 aliphatic rings. The van der Waals surface area contributed by atoms with E-state index in [0.717, 1.165) is 41.8 Å². The summed E-state index contributed by atoms with van der Waals surface area (Å²) in [4.78, 5) is 5.71. The van der Waals surface area contributed by atoms with Crippen LogP contribution >= 0.6 is 22.9 Å². The van der Waals surface area contributed by atoms with Crippen LogP contribution in [-0.2, 0) is 0 Å². The Hall–Kier alpha value is -1.89. The third-order valence-electron chi connectivity index (χ3n) is 4.59. The molecule has 0 unspecified atom stereocenters. The van der Waals surface area contributed by atoms with Gasteiger partial charge in [0, 0.05) is 26.2 Å². The number of benzene rings is 1. The van der Waals surface area contributed by atoms with E-state index < -0.39 is 0 Å². The van der Waals surface area contributed by atoms with Crippen LogP contribution in [0.4, 0.5) is 5.69 Å². The van der Waals surface area contributed by atoms with E-state index in [1.807, 2.05) is 35.7 Å². The minimum Gasteiger partial charge on any atom is -0.418 e. The SMILES string of the molecule is C[C@H](c1nnc(-c2cccs2)o1)N1CCN(c2ccccc2Cl)CC1. The molecule has 1 atom stereocenters. The van der Waals surface area contributed by atoms with Gasteiger partial charge in [-0.15, -0.1) is 21.5 Å². The maximum Gasteiger partial charge on any atom is 0.257 e. The van der Waals surface area contributed by atoms with E-state index in [4.69, 9.17) is 16.0 Å². The summed E-state index contributed by atoms with van der Waals surface area (Å²) in [6.45, 7) is 5.85. The van der Waals surface area contributed by atoms with E-state index in [-0.39, 0.29) is 6.04 Å². The topological polar surface area (TPSA) is 45.4 Å². The highest BCUT2D eigenvalue weighted by atomic mass is 35.5. The minimum absolute atomic E-state index is 0.106. The van der Waals surface area contributed by atoms with Crippen LogP contribution in [0, 0.1) is 0 Å². The Bertz CT molecular complexity index is 827. The standard InChI is InChI=1S/C18H19ClN4OS/c1-13(17-20-21-18(24-17)16-7-4-12-25-16)22-8-10-23(11-9-22)15-6-3-2-5-14(15)19/h2-7,12-13H,8-11H2,1H3/t13-/m1/s1. The third-order valence-corrected chi connectivity index (χ3v) is 5.76. The second-order valence-corrected chi connectivity index (χ2v) is 7.43. The molecule has 0 amide bonds. The van der Waals surface area contributed by atoms with Crippen molar-refractivity contribution in [2.75, 3.05) is 31.1 Å². The molecule has 0 aliphatic carbocycles. The minimum atomic E-state index is 0.106. The van der Waals surface area contributed by atoms with Gasteiger partial charge in [0.2, 0.25) is 5.89 Å². The average Bonchev–Trinajstić information content (AvgIpc) is 3.33. The molecule has 0 bridgehead atoms. The van der Waals surface area contributed by atoms with E-state index in [2.05, 4.69) is 33.0 Å². The zero-order valence-corrected chi connectivity index (χ0v) is 15.5. The zero-order chi connectivity index (χ0) is 17.2. The number of nitrogens with zero attached hydrogens (tertiary/aromatic N) is 4. The van der Waals surface area contributed by atoms with Gasteiger partial charge in [-0.1, -0.05) is 29.8 Å². The Kier molecular flexibility index (Phi) is 4.74.